The van der Waals surface area contributed by atoms with Crippen LogP contribution in [0.1, 0.15) is 5.82 Å². The summed E-state index contributed by atoms with van der Waals surface area (Å²) in [6, 6.07) is 3.59. The lowest BCUT2D eigenvalue weighted by Crippen LogP contribution is -2.45. The monoisotopic (exact) mass is 260 g/mol. The number of imidazole rings is 1. The van der Waals surface area contributed by atoms with Gasteiger partial charge in [0.2, 0.25) is 0 Å². The maximum Gasteiger partial charge on any atom is 0.132 e. The molecule has 0 bridgehead atoms. The second-order valence-corrected chi connectivity index (χ2v) is 5.25. The minimum absolute atomic E-state index is 0.284. The summed E-state index contributed by atoms with van der Waals surface area (Å²) >= 11 is 0. The predicted molar refractivity (Wildman–Crippen MR) is 74.5 cm³/mol. The van der Waals surface area contributed by atoms with Crippen molar-refractivity contribution in [3.05, 3.63) is 30.4 Å². The number of nitrogens with zero attached hydrogens (tertiary/aromatic N) is 4. The van der Waals surface area contributed by atoms with Gasteiger partial charge in [0.15, 0.2) is 0 Å². The van der Waals surface area contributed by atoms with Crippen LogP contribution >= 0.6 is 0 Å². The van der Waals surface area contributed by atoms with Gasteiger partial charge in [0.1, 0.15) is 11.6 Å². The standard InChI is InChI=1S/C14H20N4O/c1-16-6-8-17(9-7-16)5-4-14-15-10-12-2-3-13(19)11-18(12)14/h2-3,10-11,19H,4-9H2,1H3. The Morgan fingerprint density at radius 1 is 1.21 bits per heavy atom. The molecule has 0 amide bonds. The van der Waals surface area contributed by atoms with Gasteiger partial charge in [-0.05, 0) is 19.2 Å². The van der Waals surface area contributed by atoms with E-state index in [2.05, 4.69) is 21.8 Å². The fourth-order valence-corrected chi connectivity index (χ4v) is 2.55. The molecular weight excluding hydrogens is 240 g/mol. The van der Waals surface area contributed by atoms with Crippen LogP contribution in [0.15, 0.2) is 24.5 Å². The normalized spacial score (nSPS) is 18.2. The van der Waals surface area contributed by atoms with E-state index in [9.17, 15) is 5.11 Å². The minimum Gasteiger partial charge on any atom is -0.506 e. The van der Waals surface area contributed by atoms with Crippen LogP contribution in [-0.4, -0.2) is 64.1 Å². The number of aromatic nitrogens is 2. The third-order valence-corrected chi connectivity index (χ3v) is 3.84. The lowest BCUT2D eigenvalue weighted by Gasteiger charge is -2.32. The van der Waals surface area contributed by atoms with E-state index in [1.165, 1.54) is 0 Å². The minimum atomic E-state index is 0.284. The second kappa shape index (κ2) is 5.19. The molecule has 0 aromatic carbocycles. The van der Waals surface area contributed by atoms with Crippen LogP contribution in [-0.2, 0) is 6.42 Å². The number of hydrogen-bond acceptors (Lipinski definition) is 4. The molecule has 1 aliphatic rings. The summed E-state index contributed by atoms with van der Waals surface area (Å²) in [7, 11) is 2.17. The molecule has 0 radical (unpaired) electrons. The van der Waals surface area contributed by atoms with Gasteiger partial charge >= 0.3 is 0 Å². The first-order chi connectivity index (χ1) is 9.22. The molecule has 0 aliphatic carbocycles. The van der Waals surface area contributed by atoms with Crippen molar-refractivity contribution in [2.75, 3.05) is 39.8 Å². The number of aromatic hydroxyl groups is 1. The van der Waals surface area contributed by atoms with Crippen LogP contribution < -0.4 is 0 Å². The zero-order valence-electron chi connectivity index (χ0n) is 11.3. The largest absolute Gasteiger partial charge is 0.506 e. The van der Waals surface area contributed by atoms with Gasteiger partial charge in [-0.25, -0.2) is 4.98 Å². The first-order valence-corrected chi connectivity index (χ1v) is 6.78. The number of hydrogen-bond donors (Lipinski definition) is 1. The Hall–Kier alpha value is -1.59. The molecule has 0 saturated carbocycles. The number of rotatable bonds is 3. The van der Waals surface area contributed by atoms with Crippen molar-refractivity contribution in [3.8, 4) is 5.75 Å². The van der Waals surface area contributed by atoms with Crippen LogP contribution in [0.25, 0.3) is 5.52 Å². The summed E-state index contributed by atoms with van der Waals surface area (Å²) in [6.07, 6.45) is 4.52. The molecule has 2 aromatic rings. The summed E-state index contributed by atoms with van der Waals surface area (Å²) in [5.41, 5.74) is 1.03. The van der Waals surface area contributed by atoms with E-state index < -0.39 is 0 Å². The fourth-order valence-electron chi connectivity index (χ4n) is 2.55. The average Bonchev–Trinajstić information content (AvgIpc) is 2.80. The third kappa shape index (κ3) is 2.72. The van der Waals surface area contributed by atoms with Crippen molar-refractivity contribution < 1.29 is 5.11 Å². The summed E-state index contributed by atoms with van der Waals surface area (Å²) in [5, 5.41) is 9.55. The summed E-state index contributed by atoms with van der Waals surface area (Å²) in [6.45, 7) is 5.57. The van der Waals surface area contributed by atoms with E-state index in [1.807, 2.05) is 16.7 Å². The lowest BCUT2D eigenvalue weighted by atomic mass is 10.3. The molecule has 1 aliphatic heterocycles. The van der Waals surface area contributed by atoms with Crippen LogP contribution in [0.3, 0.4) is 0 Å². The topological polar surface area (TPSA) is 44.0 Å². The van der Waals surface area contributed by atoms with E-state index in [1.54, 1.807) is 12.3 Å². The number of pyridine rings is 1. The van der Waals surface area contributed by atoms with Gasteiger partial charge in [-0.2, -0.15) is 0 Å². The number of fused-ring (bicyclic) bond motifs is 1. The fraction of sp³-hybridized carbons (Fsp3) is 0.500. The molecule has 1 N–H and O–H groups in total. The molecule has 1 saturated heterocycles. The Bertz CT molecular complexity index is 558. The Kier molecular flexibility index (Phi) is 3.40. The number of likely N-dealkylation sites (N-methyl/N-ethyl adjacent to an activating group) is 1. The zero-order valence-corrected chi connectivity index (χ0v) is 11.3. The van der Waals surface area contributed by atoms with Crippen molar-refractivity contribution in [2.24, 2.45) is 0 Å². The Balaban J connectivity index is 1.67. The van der Waals surface area contributed by atoms with Crippen molar-refractivity contribution in [1.82, 2.24) is 19.2 Å². The van der Waals surface area contributed by atoms with Gasteiger partial charge in [-0.15, -0.1) is 0 Å². The van der Waals surface area contributed by atoms with Gasteiger partial charge in [-0.3, -0.25) is 4.40 Å². The summed E-state index contributed by atoms with van der Waals surface area (Å²) in [5.74, 6) is 1.30. The average molecular weight is 260 g/mol. The van der Waals surface area contributed by atoms with Crippen LogP contribution in [0.5, 0.6) is 5.75 Å². The highest BCUT2D eigenvalue weighted by atomic mass is 16.3. The Morgan fingerprint density at radius 2 is 2.00 bits per heavy atom. The smallest absolute Gasteiger partial charge is 0.132 e. The van der Waals surface area contributed by atoms with Crippen molar-refractivity contribution >= 4 is 5.52 Å². The molecule has 5 nitrogen and oxygen atoms in total. The van der Waals surface area contributed by atoms with E-state index in [-0.39, 0.29) is 5.75 Å². The highest BCUT2D eigenvalue weighted by Gasteiger charge is 2.14. The molecular formula is C14H20N4O. The first kappa shape index (κ1) is 12.4. The molecule has 102 valence electrons. The van der Waals surface area contributed by atoms with E-state index in [0.29, 0.717) is 0 Å². The molecule has 19 heavy (non-hydrogen) atoms. The van der Waals surface area contributed by atoms with E-state index >= 15 is 0 Å². The van der Waals surface area contributed by atoms with Gasteiger partial charge in [-0.1, -0.05) is 0 Å². The van der Waals surface area contributed by atoms with Crippen LogP contribution in [0.4, 0.5) is 0 Å². The van der Waals surface area contributed by atoms with Crippen molar-refractivity contribution in [1.29, 1.82) is 0 Å². The van der Waals surface area contributed by atoms with Gasteiger partial charge in [0, 0.05) is 39.1 Å². The van der Waals surface area contributed by atoms with Crippen molar-refractivity contribution in [2.45, 2.75) is 6.42 Å². The van der Waals surface area contributed by atoms with Crippen LogP contribution in [0, 0.1) is 0 Å². The maximum atomic E-state index is 9.55. The quantitative estimate of drug-likeness (QED) is 0.888. The zero-order chi connectivity index (χ0) is 13.2. The van der Waals surface area contributed by atoms with Crippen molar-refractivity contribution in [3.63, 3.8) is 0 Å². The SMILES string of the molecule is CN1CCN(CCc2ncc3ccc(O)cn23)CC1. The molecule has 2 aromatic heterocycles. The third-order valence-electron chi connectivity index (χ3n) is 3.84. The van der Waals surface area contributed by atoms with Gasteiger partial charge in [0.05, 0.1) is 17.9 Å². The van der Waals surface area contributed by atoms with Crippen LogP contribution in [0.2, 0.25) is 0 Å². The van der Waals surface area contributed by atoms with E-state index in [4.69, 9.17) is 0 Å². The molecule has 0 unspecified atom stereocenters. The molecule has 3 heterocycles. The van der Waals surface area contributed by atoms with Gasteiger partial charge < -0.3 is 14.9 Å². The molecule has 5 heteroatoms. The lowest BCUT2D eigenvalue weighted by molar-refractivity contribution is 0.155. The summed E-state index contributed by atoms with van der Waals surface area (Å²) < 4.78 is 1.98. The highest BCUT2D eigenvalue weighted by molar-refractivity contribution is 5.48. The maximum absolute atomic E-state index is 9.55. The molecule has 0 spiro atoms. The van der Waals surface area contributed by atoms with E-state index in [0.717, 1.165) is 50.5 Å². The Morgan fingerprint density at radius 3 is 2.79 bits per heavy atom. The second-order valence-electron chi connectivity index (χ2n) is 5.25. The first-order valence-electron chi connectivity index (χ1n) is 6.78. The molecule has 3 rings (SSSR count). The predicted octanol–water partition coefficient (Wildman–Crippen LogP) is 0.830. The molecule has 1 fully saturated rings. The van der Waals surface area contributed by atoms with Gasteiger partial charge in [0.25, 0.3) is 0 Å². The molecule has 0 atom stereocenters. The number of piperazine rings is 1. The summed E-state index contributed by atoms with van der Waals surface area (Å²) in [4.78, 5) is 9.29. The Labute approximate surface area is 113 Å². The highest BCUT2D eigenvalue weighted by Crippen LogP contribution is 2.14.